The van der Waals surface area contributed by atoms with E-state index in [-0.39, 0.29) is 5.41 Å². The van der Waals surface area contributed by atoms with Crippen molar-refractivity contribution in [2.75, 3.05) is 0 Å². The first-order valence-corrected chi connectivity index (χ1v) is 25.8. The normalized spacial score (nSPS) is 13.9. The number of rotatable bonds is 7. The van der Waals surface area contributed by atoms with Gasteiger partial charge in [-0.15, -0.1) is 0 Å². The van der Waals surface area contributed by atoms with Crippen LogP contribution in [0.4, 0.5) is 0 Å². The highest BCUT2D eigenvalue weighted by Crippen LogP contribution is 2.63. The van der Waals surface area contributed by atoms with Crippen LogP contribution in [-0.2, 0) is 5.41 Å². The van der Waals surface area contributed by atoms with Crippen molar-refractivity contribution in [2.45, 2.75) is 11.8 Å². The molecule has 0 unspecified atom stereocenters. The van der Waals surface area contributed by atoms with Gasteiger partial charge < -0.3 is 4.42 Å². The summed E-state index contributed by atoms with van der Waals surface area (Å²) < 4.78 is 6.64. The van der Waals surface area contributed by atoms with Gasteiger partial charge in [-0.2, -0.15) is 0 Å². The van der Waals surface area contributed by atoms with E-state index < -0.39 is 0 Å². The van der Waals surface area contributed by atoms with Crippen LogP contribution >= 0.6 is 0 Å². The molecule has 2 heterocycles. The fourth-order valence-electron chi connectivity index (χ4n) is 12.3. The summed E-state index contributed by atoms with van der Waals surface area (Å²) in [7, 11) is 0. The number of hydrogen-bond donors (Lipinski definition) is 0. The molecule has 75 heavy (non-hydrogen) atoms. The fraction of sp³-hybridized carbons (Fsp3) is 0.0278. The number of aliphatic imine (C=N–C) groups is 2. The van der Waals surface area contributed by atoms with Crippen LogP contribution in [0.2, 0.25) is 0 Å². The van der Waals surface area contributed by atoms with Gasteiger partial charge >= 0.3 is 0 Å². The van der Waals surface area contributed by atoms with Crippen LogP contribution in [0.5, 0.6) is 0 Å². The second-order valence-electron chi connectivity index (χ2n) is 19.9. The first-order chi connectivity index (χ1) is 37.2. The van der Waals surface area contributed by atoms with Crippen LogP contribution in [-0.4, -0.2) is 11.5 Å². The number of fused-ring (bicyclic) bond motifs is 13. The second-order valence-corrected chi connectivity index (χ2v) is 19.9. The Morgan fingerprint density at radius 3 is 1.43 bits per heavy atom. The summed E-state index contributed by atoms with van der Waals surface area (Å²) in [5.41, 5.74) is 26.1. The summed E-state index contributed by atoms with van der Waals surface area (Å²) in [4.78, 5) is 10.9. The van der Waals surface area contributed by atoms with Gasteiger partial charge in [-0.1, -0.05) is 237 Å². The maximum Gasteiger partial charge on any atom is 0.160 e. The van der Waals surface area contributed by atoms with Crippen LogP contribution in [0.25, 0.3) is 94.4 Å². The fourth-order valence-corrected chi connectivity index (χ4v) is 12.3. The standard InChI is InChI=1S/C72H46N2O/c1-3-15-46(16-4-1)48-33-35-51(36-34-48)66-40-41-67(55-20-13-19-52(43-55)47-17-5-2-6-18-47)74-71(73-66)59-24-14-28-69-70(59)61-45-54(38-42-68(61)75-69)50-31-29-49(30-32-50)53-37-39-65-60(44-53)58-23-9-12-27-64(58)72(65)62-25-10-7-21-56(62)57-22-8-11-26-63(57)72/h1-39,41-45H,40H2. The zero-order valence-corrected chi connectivity index (χ0v) is 40.9. The van der Waals surface area contributed by atoms with E-state index in [9.17, 15) is 0 Å². The van der Waals surface area contributed by atoms with Crippen molar-refractivity contribution in [2.24, 2.45) is 9.98 Å². The van der Waals surface area contributed by atoms with Crippen LogP contribution < -0.4 is 0 Å². The van der Waals surface area contributed by atoms with Crippen molar-refractivity contribution < 1.29 is 4.42 Å². The number of hydrogen-bond acceptors (Lipinski definition) is 3. The van der Waals surface area contributed by atoms with Gasteiger partial charge in [0.2, 0.25) is 0 Å². The van der Waals surface area contributed by atoms with E-state index in [0.29, 0.717) is 12.3 Å². The largest absolute Gasteiger partial charge is 0.456 e. The minimum atomic E-state index is -0.350. The molecule has 1 aliphatic heterocycles. The SMILES string of the molecule is C1=C(c2cccc(-c3ccccc3)c2)N=C(c2cccc3oc4ccc(-c5ccc(-c6ccc7c(c6)-c6ccccc6C76c7ccccc7-c7ccccc76)cc5)cc4c23)N=C(c2ccc(-c3ccccc3)cc2)C1. The van der Waals surface area contributed by atoms with E-state index in [0.717, 1.165) is 66.7 Å². The van der Waals surface area contributed by atoms with Gasteiger partial charge in [0.25, 0.3) is 0 Å². The van der Waals surface area contributed by atoms with Crippen molar-refractivity contribution in [3.05, 3.63) is 306 Å². The van der Waals surface area contributed by atoms with Crippen LogP contribution in [0, 0.1) is 0 Å². The molecule has 3 nitrogen and oxygen atoms in total. The molecule has 1 aromatic heterocycles. The molecule has 1 spiro atoms. The van der Waals surface area contributed by atoms with E-state index in [1.165, 1.54) is 72.3 Å². The Hall–Kier alpha value is -9.70. The molecule has 0 saturated heterocycles. The lowest BCUT2D eigenvalue weighted by atomic mass is 9.70. The Balaban J connectivity index is 0.809. The van der Waals surface area contributed by atoms with Crippen LogP contribution in [0.15, 0.2) is 281 Å². The molecule has 2 aliphatic carbocycles. The zero-order chi connectivity index (χ0) is 49.5. The van der Waals surface area contributed by atoms with Gasteiger partial charge in [-0.05, 0) is 125 Å². The molecule has 3 aliphatic rings. The third kappa shape index (κ3) is 6.89. The molecule has 0 radical (unpaired) electrons. The molecule has 15 rings (SSSR count). The molecule has 11 aromatic carbocycles. The van der Waals surface area contributed by atoms with Crippen molar-refractivity contribution in [3.8, 4) is 66.8 Å². The average molecular weight is 955 g/mol. The lowest BCUT2D eigenvalue weighted by Gasteiger charge is -2.30. The summed E-state index contributed by atoms with van der Waals surface area (Å²) in [5, 5.41) is 2.02. The summed E-state index contributed by atoms with van der Waals surface area (Å²) in [6, 6.07) is 94.4. The van der Waals surface area contributed by atoms with E-state index in [1.807, 2.05) is 0 Å². The summed E-state index contributed by atoms with van der Waals surface area (Å²) in [6.45, 7) is 0. The Bertz CT molecular complexity index is 4300. The predicted molar refractivity (Wildman–Crippen MR) is 310 cm³/mol. The van der Waals surface area contributed by atoms with E-state index >= 15 is 0 Å². The molecule has 0 amide bonds. The number of benzene rings is 11. The highest BCUT2D eigenvalue weighted by molar-refractivity contribution is 6.23. The lowest BCUT2D eigenvalue weighted by molar-refractivity contribution is 0.669. The lowest BCUT2D eigenvalue weighted by Crippen LogP contribution is -2.25. The maximum atomic E-state index is 6.64. The highest BCUT2D eigenvalue weighted by Gasteiger charge is 2.51. The summed E-state index contributed by atoms with van der Waals surface area (Å²) in [6.07, 6.45) is 2.84. The summed E-state index contributed by atoms with van der Waals surface area (Å²) in [5.74, 6) is 0.651. The Kier molecular flexibility index (Phi) is 9.86. The van der Waals surface area contributed by atoms with Gasteiger partial charge in [0.05, 0.1) is 16.8 Å². The van der Waals surface area contributed by atoms with Crippen LogP contribution in [0.3, 0.4) is 0 Å². The topological polar surface area (TPSA) is 37.9 Å². The Morgan fingerprint density at radius 2 is 0.760 bits per heavy atom. The van der Waals surface area contributed by atoms with Crippen LogP contribution in [0.1, 0.15) is 45.4 Å². The smallest absolute Gasteiger partial charge is 0.160 e. The van der Waals surface area contributed by atoms with Gasteiger partial charge in [0, 0.05) is 28.3 Å². The van der Waals surface area contributed by atoms with Crippen molar-refractivity contribution in [1.29, 1.82) is 0 Å². The predicted octanol–water partition coefficient (Wildman–Crippen LogP) is 18.3. The minimum absolute atomic E-state index is 0.350. The third-order valence-corrected chi connectivity index (χ3v) is 15.8. The maximum absolute atomic E-state index is 6.64. The Labute approximate surface area is 435 Å². The molecular weight excluding hydrogens is 909 g/mol. The molecule has 0 bridgehead atoms. The van der Waals surface area contributed by atoms with Gasteiger partial charge in [-0.3, -0.25) is 0 Å². The van der Waals surface area contributed by atoms with Gasteiger partial charge in [-0.25, -0.2) is 9.98 Å². The zero-order valence-electron chi connectivity index (χ0n) is 40.9. The van der Waals surface area contributed by atoms with Crippen molar-refractivity contribution in [1.82, 2.24) is 0 Å². The first kappa shape index (κ1) is 42.9. The molecule has 12 aromatic rings. The van der Waals surface area contributed by atoms with E-state index in [1.54, 1.807) is 0 Å². The number of allylic oxidation sites excluding steroid dienone is 1. The molecule has 0 fully saturated rings. The molecule has 0 saturated carbocycles. The monoisotopic (exact) mass is 954 g/mol. The Morgan fingerprint density at radius 1 is 0.307 bits per heavy atom. The molecular formula is C72H46N2O. The van der Waals surface area contributed by atoms with E-state index in [2.05, 4.69) is 267 Å². The van der Waals surface area contributed by atoms with E-state index in [4.69, 9.17) is 14.4 Å². The number of nitrogens with zero attached hydrogens (tertiary/aromatic N) is 2. The van der Waals surface area contributed by atoms with Crippen molar-refractivity contribution >= 4 is 39.2 Å². The third-order valence-electron chi connectivity index (χ3n) is 15.8. The molecule has 0 atom stereocenters. The molecule has 3 heteroatoms. The molecule has 0 N–H and O–H groups in total. The quantitative estimate of drug-likeness (QED) is 0.157. The molecule has 350 valence electrons. The minimum Gasteiger partial charge on any atom is -0.456 e. The van der Waals surface area contributed by atoms with Gasteiger partial charge in [0.15, 0.2) is 5.84 Å². The number of furan rings is 1. The number of amidine groups is 1. The van der Waals surface area contributed by atoms with Crippen molar-refractivity contribution in [3.63, 3.8) is 0 Å². The van der Waals surface area contributed by atoms with Gasteiger partial charge in [0.1, 0.15) is 11.2 Å². The first-order valence-electron chi connectivity index (χ1n) is 25.8. The average Bonchev–Trinajstić information content (AvgIpc) is 4.25. The highest BCUT2D eigenvalue weighted by atomic mass is 16.3. The summed E-state index contributed by atoms with van der Waals surface area (Å²) >= 11 is 0. The second kappa shape index (κ2) is 17.2.